The Kier molecular flexibility index (Phi) is 6.39. The third kappa shape index (κ3) is 5.17. The molecule has 0 N–H and O–H groups in total. The number of alkyl halides is 5. The number of hydrogen-bond donors (Lipinski definition) is 0. The van der Waals surface area contributed by atoms with Crippen LogP contribution in [0.4, 0.5) is 30.7 Å². The van der Waals surface area contributed by atoms with E-state index in [9.17, 15) is 36.0 Å². The number of rotatable bonds is 6. The van der Waals surface area contributed by atoms with Crippen molar-refractivity contribution in [1.29, 1.82) is 5.26 Å². The summed E-state index contributed by atoms with van der Waals surface area (Å²) in [7, 11) is 0. The van der Waals surface area contributed by atoms with Crippen LogP contribution in [0.3, 0.4) is 0 Å². The molecule has 0 bridgehead atoms. The third-order valence-electron chi connectivity index (χ3n) is 4.46. The SMILES string of the molecule is N#CC(c1ccc(F)cc1F)C(F)(F)c1ccc(-c2ccc(OCC(F)(F)F)cc2)cn1. The predicted octanol–water partition coefficient (Wildman–Crippen LogP) is 6.37. The molecule has 0 fully saturated rings. The maximum Gasteiger partial charge on any atom is 0.422 e. The highest BCUT2D eigenvalue weighted by Gasteiger charge is 2.45. The fourth-order valence-electron chi connectivity index (χ4n) is 2.90. The Balaban J connectivity index is 1.81. The number of benzene rings is 2. The molecule has 0 saturated carbocycles. The Hall–Kier alpha value is -3.61. The molecule has 32 heavy (non-hydrogen) atoms. The molecule has 0 aliphatic heterocycles. The fraction of sp³-hybridized carbons (Fsp3) is 0.182. The van der Waals surface area contributed by atoms with E-state index in [0.717, 1.165) is 24.4 Å². The minimum atomic E-state index is -4.48. The number of aromatic nitrogens is 1. The van der Waals surface area contributed by atoms with Gasteiger partial charge in [-0.25, -0.2) is 8.78 Å². The molecule has 1 atom stereocenters. The summed E-state index contributed by atoms with van der Waals surface area (Å²) in [5, 5.41) is 9.22. The van der Waals surface area contributed by atoms with Gasteiger partial charge < -0.3 is 4.74 Å². The van der Waals surface area contributed by atoms with Crippen LogP contribution in [-0.4, -0.2) is 17.8 Å². The maximum atomic E-state index is 14.9. The molecule has 10 heteroatoms. The lowest BCUT2D eigenvalue weighted by atomic mass is 9.91. The first-order valence-corrected chi connectivity index (χ1v) is 9.00. The highest BCUT2D eigenvalue weighted by atomic mass is 19.4. The van der Waals surface area contributed by atoms with Gasteiger partial charge in [0.05, 0.1) is 6.07 Å². The second-order valence-electron chi connectivity index (χ2n) is 6.71. The zero-order chi connectivity index (χ0) is 23.5. The summed E-state index contributed by atoms with van der Waals surface area (Å²) in [6.07, 6.45) is -3.40. The number of ether oxygens (including phenoxy) is 1. The Labute approximate surface area is 177 Å². The van der Waals surface area contributed by atoms with E-state index in [1.54, 1.807) is 0 Å². The Morgan fingerprint density at radius 3 is 2.09 bits per heavy atom. The van der Waals surface area contributed by atoms with Crippen molar-refractivity contribution in [2.75, 3.05) is 6.61 Å². The zero-order valence-electron chi connectivity index (χ0n) is 16.0. The first kappa shape index (κ1) is 23.1. The monoisotopic (exact) mass is 454 g/mol. The van der Waals surface area contributed by atoms with Gasteiger partial charge in [0.15, 0.2) is 6.61 Å². The van der Waals surface area contributed by atoms with Gasteiger partial charge >= 0.3 is 12.1 Å². The normalized spacial score (nSPS) is 12.8. The Morgan fingerprint density at radius 2 is 1.56 bits per heavy atom. The minimum absolute atomic E-state index is 0.0274. The van der Waals surface area contributed by atoms with Gasteiger partial charge in [0, 0.05) is 23.4 Å². The molecule has 2 aromatic carbocycles. The average Bonchev–Trinajstić information content (AvgIpc) is 2.74. The number of nitrogens with zero attached hydrogens (tertiary/aromatic N) is 2. The molecule has 0 aliphatic rings. The van der Waals surface area contributed by atoms with Crippen LogP contribution in [0.15, 0.2) is 60.8 Å². The van der Waals surface area contributed by atoms with Gasteiger partial charge in [0.25, 0.3) is 0 Å². The van der Waals surface area contributed by atoms with Crippen molar-refractivity contribution in [3.63, 3.8) is 0 Å². The van der Waals surface area contributed by atoms with Gasteiger partial charge in [0.2, 0.25) is 0 Å². The van der Waals surface area contributed by atoms with Crippen LogP contribution < -0.4 is 4.74 Å². The van der Waals surface area contributed by atoms with E-state index in [-0.39, 0.29) is 5.75 Å². The van der Waals surface area contributed by atoms with Crippen LogP contribution in [0.25, 0.3) is 11.1 Å². The second kappa shape index (κ2) is 8.86. The van der Waals surface area contributed by atoms with Crippen LogP contribution in [0.1, 0.15) is 17.2 Å². The highest BCUT2D eigenvalue weighted by molar-refractivity contribution is 5.63. The number of pyridine rings is 1. The van der Waals surface area contributed by atoms with Gasteiger partial charge in [-0.1, -0.05) is 24.3 Å². The van der Waals surface area contributed by atoms with E-state index in [1.165, 1.54) is 36.4 Å². The largest absolute Gasteiger partial charge is 0.484 e. The first-order chi connectivity index (χ1) is 15.0. The molecule has 0 spiro atoms. The minimum Gasteiger partial charge on any atom is -0.484 e. The number of halogens is 7. The summed E-state index contributed by atoms with van der Waals surface area (Å²) in [4.78, 5) is 3.68. The molecule has 0 aliphatic carbocycles. The second-order valence-corrected chi connectivity index (χ2v) is 6.71. The molecule has 0 amide bonds. The van der Waals surface area contributed by atoms with Crippen molar-refractivity contribution >= 4 is 0 Å². The smallest absolute Gasteiger partial charge is 0.422 e. The summed E-state index contributed by atoms with van der Waals surface area (Å²) in [5.74, 6) is -8.41. The molecule has 0 radical (unpaired) electrons. The molecular weight excluding hydrogens is 441 g/mol. The Bertz CT molecular complexity index is 1120. The van der Waals surface area contributed by atoms with E-state index >= 15 is 0 Å². The van der Waals surface area contributed by atoms with Gasteiger partial charge in [-0.3, -0.25) is 4.98 Å². The zero-order valence-corrected chi connectivity index (χ0v) is 16.0. The summed E-state index contributed by atoms with van der Waals surface area (Å²) < 4.78 is 98.0. The molecular formula is C22H13F7N2O. The number of nitriles is 1. The van der Waals surface area contributed by atoms with E-state index in [0.29, 0.717) is 17.2 Å². The molecule has 0 saturated heterocycles. The van der Waals surface area contributed by atoms with Gasteiger partial charge in [0.1, 0.15) is 29.0 Å². The average molecular weight is 454 g/mol. The molecule has 1 aromatic heterocycles. The predicted molar refractivity (Wildman–Crippen MR) is 99.8 cm³/mol. The lowest BCUT2D eigenvalue weighted by Crippen LogP contribution is -2.25. The van der Waals surface area contributed by atoms with Crippen molar-refractivity contribution in [2.45, 2.75) is 18.0 Å². The van der Waals surface area contributed by atoms with Gasteiger partial charge in [-0.15, -0.1) is 0 Å². The summed E-state index contributed by atoms with van der Waals surface area (Å²) in [5.41, 5.74) is -0.637. The van der Waals surface area contributed by atoms with Gasteiger partial charge in [-0.05, 0) is 29.8 Å². The van der Waals surface area contributed by atoms with Crippen molar-refractivity contribution < 1.29 is 35.5 Å². The van der Waals surface area contributed by atoms with Crippen molar-refractivity contribution in [2.24, 2.45) is 0 Å². The van der Waals surface area contributed by atoms with E-state index in [4.69, 9.17) is 0 Å². The van der Waals surface area contributed by atoms with Crippen LogP contribution >= 0.6 is 0 Å². The van der Waals surface area contributed by atoms with Crippen LogP contribution in [0.2, 0.25) is 0 Å². The first-order valence-electron chi connectivity index (χ1n) is 9.00. The van der Waals surface area contributed by atoms with Gasteiger partial charge in [-0.2, -0.15) is 27.2 Å². The van der Waals surface area contributed by atoms with E-state index in [2.05, 4.69) is 9.72 Å². The molecule has 3 aromatic rings. The van der Waals surface area contributed by atoms with Crippen LogP contribution in [0.5, 0.6) is 5.75 Å². The van der Waals surface area contributed by atoms with E-state index < -0.39 is 47.5 Å². The topological polar surface area (TPSA) is 45.9 Å². The van der Waals surface area contributed by atoms with Crippen LogP contribution in [-0.2, 0) is 5.92 Å². The molecule has 3 nitrogen and oxygen atoms in total. The van der Waals surface area contributed by atoms with Crippen LogP contribution in [0, 0.1) is 23.0 Å². The standard InChI is InChI=1S/C22H13F7N2O/c23-15-4-7-17(19(24)9-15)18(10-30)22(28,29)20-8-3-14(11-31-20)13-1-5-16(6-2-13)32-12-21(25,26)27/h1-9,11,18H,12H2. The quantitative estimate of drug-likeness (QED) is 0.407. The molecule has 1 heterocycles. The molecule has 166 valence electrons. The lowest BCUT2D eigenvalue weighted by Gasteiger charge is -2.22. The fourth-order valence-corrected chi connectivity index (χ4v) is 2.90. The van der Waals surface area contributed by atoms with Crippen molar-refractivity contribution in [1.82, 2.24) is 4.98 Å². The summed E-state index contributed by atoms with van der Waals surface area (Å²) in [6.45, 7) is -1.45. The van der Waals surface area contributed by atoms with Crippen molar-refractivity contribution in [3.05, 3.63) is 83.7 Å². The highest BCUT2D eigenvalue weighted by Crippen LogP contribution is 2.42. The summed E-state index contributed by atoms with van der Waals surface area (Å²) >= 11 is 0. The number of hydrogen-bond acceptors (Lipinski definition) is 3. The third-order valence-corrected chi connectivity index (χ3v) is 4.46. The van der Waals surface area contributed by atoms with Crippen molar-refractivity contribution in [3.8, 4) is 22.9 Å². The maximum absolute atomic E-state index is 14.9. The summed E-state index contributed by atoms with van der Waals surface area (Å²) in [6, 6.07) is 11.0. The lowest BCUT2D eigenvalue weighted by molar-refractivity contribution is -0.153. The molecule has 1 unspecified atom stereocenters. The Morgan fingerprint density at radius 1 is 0.906 bits per heavy atom. The molecule has 3 rings (SSSR count). The van der Waals surface area contributed by atoms with E-state index in [1.807, 2.05) is 0 Å².